The number of unbranched alkanes of at least 4 members (excludes halogenated alkanes) is 1. The number of benzene rings is 1. The Morgan fingerprint density at radius 2 is 1.65 bits per heavy atom. The third-order valence-electron chi connectivity index (χ3n) is 10.6. The highest BCUT2D eigenvalue weighted by Gasteiger charge is 2.57. The predicted molar refractivity (Wildman–Crippen MR) is 183 cm³/mol. The van der Waals surface area contributed by atoms with Gasteiger partial charge in [-0.1, -0.05) is 71.4 Å². The van der Waals surface area contributed by atoms with E-state index in [1.54, 1.807) is 18.9 Å². The van der Waals surface area contributed by atoms with E-state index in [1.807, 2.05) is 78.8 Å². The van der Waals surface area contributed by atoms with Crippen molar-refractivity contribution in [3.63, 3.8) is 0 Å². The summed E-state index contributed by atoms with van der Waals surface area (Å²) < 4.78 is 28.4. The normalized spacial score (nSPS) is 27.9. The first-order chi connectivity index (χ1) is 23.1. The van der Waals surface area contributed by atoms with Crippen LogP contribution in [-0.2, 0) is 47.7 Å². The van der Waals surface area contributed by atoms with E-state index < -0.39 is 64.7 Å². The fourth-order valence-corrected chi connectivity index (χ4v) is 6.92. The van der Waals surface area contributed by atoms with Crippen molar-refractivity contribution in [3.8, 4) is 0 Å². The molecule has 0 saturated carbocycles. The van der Waals surface area contributed by atoms with Crippen LogP contribution in [0.5, 0.6) is 0 Å². The monoisotopic (exact) mass is 689 g/mol. The maximum atomic E-state index is 14.4. The summed E-state index contributed by atoms with van der Waals surface area (Å²) in [4.78, 5) is 62.5. The minimum Gasteiger partial charge on any atom is -0.469 e. The van der Waals surface area contributed by atoms with E-state index in [1.165, 1.54) is 7.11 Å². The number of hydrogen-bond donors (Lipinski definition) is 0. The van der Waals surface area contributed by atoms with Crippen molar-refractivity contribution in [1.29, 1.82) is 0 Å². The molecule has 2 aliphatic rings. The van der Waals surface area contributed by atoms with Gasteiger partial charge >= 0.3 is 17.9 Å². The molecule has 8 atom stereocenters. The number of carbonyl (C=O) groups is 4. The van der Waals surface area contributed by atoms with Crippen LogP contribution in [0, 0.1) is 17.8 Å². The molecule has 49 heavy (non-hydrogen) atoms. The Hall–Kier alpha value is -2.86. The number of hydroxylamine groups is 2. The molecule has 2 saturated heterocycles. The molecule has 11 heteroatoms. The quantitative estimate of drug-likeness (QED) is 0.106. The van der Waals surface area contributed by atoms with Crippen molar-refractivity contribution < 1.29 is 47.7 Å². The van der Waals surface area contributed by atoms with Gasteiger partial charge in [-0.2, -0.15) is 5.06 Å². The lowest BCUT2D eigenvalue weighted by molar-refractivity contribution is -0.321. The van der Waals surface area contributed by atoms with Crippen LogP contribution in [0.2, 0.25) is 0 Å². The second-order valence-corrected chi connectivity index (χ2v) is 14.6. The number of Topliss-reactive ketones (excluding diaryl/α,β-unsaturated/α-hetero) is 1. The van der Waals surface area contributed by atoms with Crippen molar-refractivity contribution in [1.82, 2.24) is 5.06 Å². The zero-order valence-electron chi connectivity index (χ0n) is 31.2. The molecule has 0 radical (unpaired) electrons. The summed E-state index contributed by atoms with van der Waals surface area (Å²) in [7, 11) is 1.22. The van der Waals surface area contributed by atoms with E-state index in [-0.39, 0.29) is 44.4 Å². The molecule has 1 aromatic carbocycles. The van der Waals surface area contributed by atoms with E-state index in [9.17, 15) is 19.2 Å². The third kappa shape index (κ3) is 9.68. The van der Waals surface area contributed by atoms with Gasteiger partial charge in [-0.05, 0) is 64.9 Å². The van der Waals surface area contributed by atoms with Crippen molar-refractivity contribution in [3.05, 3.63) is 35.9 Å². The van der Waals surface area contributed by atoms with Crippen LogP contribution < -0.4 is 0 Å². The largest absolute Gasteiger partial charge is 0.469 e. The molecular formula is C38H59NO10. The first-order valence-electron chi connectivity index (χ1n) is 17.8. The predicted octanol–water partition coefficient (Wildman–Crippen LogP) is 6.17. The van der Waals surface area contributed by atoms with Crippen LogP contribution >= 0.6 is 0 Å². The first kappa shape index (κ1) is 40.6. The fourth-order valence-electron chi connectivity index (χ4n) is 6.92. The number of rotatable bonds is 17. The zero-order valence-corrected chi connectivity index (χ0v) is 31.2. The number of ketones is 1. The fraction of sp³-hybridized carbons (Fsp3) is 0.737. The molecule has 0 aromatic heterocycles. The van der Waals surface area contributed by atoms with Crippen molar-refractivity contribution >= 4 is 23.7 Å². The highest BCUT2D eigenvalue weighted by atomic mass is 16.8. The smallest absolute Gasteiger partial charge is 0.338 e. The van der Waals surface area contributed by atoms with Gasteiger partial charge in [0, 0.05) is 12.3 Å². The highest BCUT2D eigenvalue weighted by molar-refractivity contribution is 5.89. The molecule has 2 heterocycles. The van der Waals surface area contributed by atoms with Crippen LogP contribution in [0.25, 0.3) is 0 Å². The Morgan fingerprint density at radius 1 is 0.980 bits per heavy atom. The molecule has 8 unspecified atom stereocenters. The van der Waals surface area contributed by atoms with E-state index >= 15 is 0 Å². The first-order valence-corrected chi connectivity index (χ1v) is 17.8. The van der Waals surface area contributed by atoms with Gasteiger partial charge in [-0.15, -0.1) is 0 Å². The van der Waals surface area contributed by atoms with Crippen LogP contribution in [-0.4, -0.2) is 84.8 Å². The lowest BCUT2D eigenvalue weighted by Gasteiger charge is -2.56. The maximum Gasteiger partial charge on any atom is 0.338 e. The third-order valence-corrected chi connectivity index (χ3v) is 10.6. The summed E-state index contributed by atoms with van der Waals surface area (Å²) in [5.41, 5.74) is -0.715. The van der Waals surface area contributed by atoms with Gasteiger partial charge in [-0.3, -0.25) is 19.2 Å². The summed E-state index contributed by atoms with van der Waals surface area (Å²) in [6, 6.07) is 9.64. The van der Waals surface area contributed by atoms with Crippen molar-refractivity contribution in [2.24, 2.45) is 17.8 Å². The second kappa shape index (κ2) is 17.4. The van der Waals surface area contributed by atoms with Crippen LogP contribution in [0.4, 0.5) is 0 Å². The lowest BCUT2D eigenvalue weighted by atomic mass is 9.70. The number of piperidine rings is 1. The average Bonchev–Trinajstić information content (AvgIpc) is 3.44. The number of hydrogen-bond acceptors (Lipinski definition) is 11. The Balaban J connectivity index is 2.15. The van der Waals surface area contributed by atoms with Gasteiger partial charge in [0.1, 0.15) is 24.4 Å². The molecular weight excluding hydrogens is 630 g/mol. The van der Waals surface area contributed by atoms with Crippen LogP contribution in [0.3, 0.4) is 0 Å². The van der Waals surface area contributed by atoms with E-state index in [0.29, 0.717) is 19.3 Å². The molecule has 11 nitrogen and oxygen atoms in total. The Kier molecular flexibility index (Phi) is 14.4. The number of methoxy groups -OCH3 is 1. The molecule has 2 aliphatic heterocycles. The maximum absolute atomic E-state index is 14.4. The van der Waals surface area contributed by atoms with Crippen LogP contribution in [0.15, 0.2) is 30.3 Å². The summed E-state index contributed by atoms with van der Waals surface area (Å²) >= 11 is 0. The summed E-state index contributed by atoms with van der Waals surface area (Å²) in [5, 5.41) is 1.73. The molecule has 0 aliphatic carbocycles. The molecule has 2 fully saturated rings. The lowest BCUT2D eigenvalue weighted by Crippen LogP contribution is -2.68. The molecule has 276 valence electrons. The number of carbonyl (C=O) groups excluding carboxylic acids is 4. The van der Waals surface area contributed by atoms with Crippen molar-refractivity contribution in [2.45, 2.75) is 136 Å². The Morgan fingerprint density at radius 3 is 2.20 bits per heavy atom. The van der Waals surface area contributed by atoms with Crippen molar-refractivity contribution in [2.75, 3.05) is 26.9 Å². The molecule has 0 N–H and O–H groups in total. The molecule has 0 amide bonds. The highest BCUT2D eigenvalue weighted by Crippen LogP contribution is 2.45. The SMILES string of the molecule is CCCCOC(=O)C(CC(C)c1ccccc1)C(C(=O)OC)C(ON1C(C)(CC)CC(=O)C(C)C1(C)CC)C(=O)OCC1COC(C)(C)O1. The number of nitrogens with zero attached hydrogens (tertiary/aromatic N) is 1. The summed E-state index contributed by atoms with van der Waals surface area (Å²) in [6.07, 6.45) is 0.655. The second-order valence-electron chi connectivity index (χ2n) is 14.6. The van der Waals surface area contributed by atoms with Gasteiger partial charge in [-0.25, -0.2) is 4.79 Å². The van der Waals surface area contributed by atoms with Gasteiger partial charge in [0.2, 0.25) is 0 Å². The minimum atomic E-state index is -1.62. The molecule has 0 spiro atoms. The number of esters is 3. The summed E-state index contributed by atoms with van der Waals surface area (Å²) in [6.45, 7) is 17.3. The number of ether oxygens (including phenoxy) is 5. The average molecular weight is 690 g/mol. The van der Waals surface area contributed by atoms with Gasteiger partial charge < -0.3 is 23.7 Å². The molecule has 3 rings (SSSR count). The van der Waals surface area contributed by atoms with Gasteiger partial charge in [0.05, 0.1) is 37.3 Å². The Labute approximate surface area is 292 Å². The molecule has 0 bridgehead atoms. The van der Waals surface area contributed by atoms with E-state index in [4.69, 9.17) is 28.5 Å². The molecule has 1 aromatic rings. The van der Waals surface area contributed by atoms with Gasteiger partial charge in [0.25, 0.3) is 0 Å². The Bertz CT molecular complexity index is 1270. The van der Waals surface area contributed by atoms with Crippen LogP contribution in [0.1, 0.15) is 112 Å². The minimum absolute atomic E-state index is 0.0901. The summed E-state index contributed by atoms with van der Waals surface area (Å²) in [5.74, 6) is -6.25. The topological polar surface area (TPSA) is 127 Å². The van der Waals surface area contributed by atoms with E-state index in [2.05, 4.69) is 0 Å². The van der Waals surface area contributed by atoms with E-state index in [0.717, 1.165) is 12.0 Å². The standard InChI is InChI=1S/C38H59NO10/c1-11-14-20-45-33(41)29(21-25(4)27-18-16-15-17-19-27)31(34(42)44-10)32(35(43)46-23-28-24-47-36(6,7)48-28)49-39-37(8,12-2)22-30(40)26(5)38(39,9)13-3/h15-19,25-26,28-29,31-32H,11-14,20-24H2,1-10H3. The van der Waals surface area contributed by atoms with Gasteiger partial charge in [0.15, 0.2) is 11.9 Å². The zero-order chi connectivity index (χ0) is 36.6.